The van der Waals surface area contributed by atoms with Crippen LogP contribution in [-0.4, -0.2) is 30.2 Å². The molecule has 30 heavy (non-hydrogen) atoms. The predicted octanol–water partition coefficient (Wildman–Crippen LogP) is 3.75. The molecule has 1 aromatic carbocycles. The van der Waals surface area contributed by atoms with E-state index in [-0.39, 0.29) is 18.1 Å². The average molecular weight is 407 g/mol. The maximum absolute atomic E-state index is 12.8. The Morgan fingerprint density at radius 2 is 1.97 bits per heavy atom. The van der Waals surface area contributed by atoms with E-state index in [1.807, 2.05) is 13.0 Å². The van der Waals surface area contributed by atoms with Crippen LogP contribution in [0.25, 0.3) is 17.1 Å². The van der Waals surface area contributed by atoms with Gasteiger partial charge in [0.25, 0.3) is 6.43 Å². The molecule has 4 aromatic rings. The third-order valence-electron chi connectivity index (χ3n) is 4.47. The van der Waals surface area contributed by atoms with Crippen LogP contribution in [0.4, 0.5) is 8.78 Å². The van der Waals surface area contributed by atoms with Crippen molar-refractivity contribution in [1.29, 1.82) is 5.26 Å². The Kier molecular flexibility index (Phi) is 5.17. The molecular weight excluding hydrogens is 392 g/mol. The maximum Gasteiger partial charge on any atom is 0.263 e. The zero-order chi connectivity index (χ0) is 21.1. The van der Waals surface area contributed by atoms with Crippen molar-refractivity contribution in [3.8, 4) is 29.0 Å². The van der Waals surface area contributed by atoms with Crippen molar-refractivity contribution in [1.82, 2.24) is 30.2 Å². The standard InChI is InChI=1S/C20H15F2N7O/c1-12-9-25-29(15-4-2-13(3-5-15)20(21)22)17(12)11-30-18-7-6-16(26-27-18)19-14(8-23)10-24-28-19/h2-7,9-10,20H,11H2,1H3,(H,24,28). The number of aromatic amines is 1. The number of nitriles is 1. The first-order valence-corrected chi connectivity index (χ1v) is 8.89. The minimum absolute atomic E-state index is 0.0488. The van der Waals surface area contributed by atoms with Gasteiger partial charge in [0.1, 0.15) is 24.1 Å². The van der Waals surface area contributed by atoms with Gasteiger partial charge in [0.05, 0.1) is 23.1 Å². The van der Waals surface area contributed by atoms with Crippen LogP contribution in [0.5, 0.6) is 5.88 Å². The molecule has 0 amide bonds. The number of aromatic nitrogens is 6. The molecule has 0 saturated heterocycles. The molecule has 1 N–H and O–H groups in total. The quantitative estimate of drug-likeness (QED) is 0.522. The van der Waals surface area contributed by atoms with Crippen molar-refractivity contribution in [3.63, 3.8) is 0 Å². The van der Waals surface area contributed by atoms with Crippen LogP contribution in [0.15, 0.2) is 48.8 Å². The van der Waals surface area contributed by atoms with E-state index < -0.39 is 6.43 Å². The van der Waals surface area contributed by atoms with Crippen LogP contribution >= 0.6 is 0 Å². The Morgan fingerprint density at radius 1 is 1.17 bits per heavy atom. The van der Waals surface area contributed by atoms with E-state index in [1.54, 1.807) is 35.1 Å². The van der Waals surface area contributed by atoms with Gasteiger partial charge in [-0.05, 0) is 30.7 Å². The summed E-state index contributed by atoms with van der Waals surface area (Å²) in [5.41, 5.74) is 3.47. The van der Waals surface area contributed by atoms with Crippen molar-refractivity contribution in [3.05, 3.63) is 71.2 Å². The highest BCUT2D eigenvalue weighted by molar-refractivity contribution is 5.61. The molecule has 3 heterocycles. The summed E-state index contributed by atoms with van der Waals surface area (Å²) in [6.07, 6.45) is 0.641. The summed E-state index contributed by atoms with van der Waals surface area (Å²) in [4.78, 5) is 0. The van der Waals surface area contributed by atoms with E-state index in [0.717, 1.165) is 11.3 Å². The summed E-state index contributed by atoms with van der Waals surface area (Å²) in [6.45, 7) is 2.04. The lowest BCUT2D eigenvalue weighted by molar-refractivity contribution is 0.151. The summed E-state index contributed by atoms with van der Waals surface area (Å²) in [7, 11) is 0. The molecule has 0 fully saturated rings. The maximum atomic E-state index is 12.8. The largest absolute Gasteiger partial charge is 0.470 e. The number of rotatable bonds is 6. The van der Waals surface area contributed by atoms with Gasteiger partial charge in [0.15, 0.2) is 0 Å². The average Bonchev–Trinajstić information content (AvgIpc) is 3.39. The second-order valence-corrected chi connectivity index (χ2v) is 6.38. The summed E-state index contributed by atoms with van der Waals surface area (Å²) >= 11 is 0. The second-order valence-electron chi connectivity index (χ2n) is 6.38. The molecule has 4 rings (SSSR count). The Labute approximate surface area is 169 Å². The molecular formula is C20H15F2N7O. The zero-order valence-electron chi connectivity index (χ0n) is 15.8. The topological polar surface area (TPSA) is 105 Å². The molecule has 0 saturated carbocycles. The van der Waals surface area contributed by atoms with Crippen LogP contribution < -0.4 is 4.74 Å². The molecule has 0 spiro atoms. The van der Waals surface area contributed by atoms with Gasteiger partial charge in [-0.1, -0.05) is 12.1 Å². The van der Waals surface area contributed by atoms with Crippen LogP contribution in [0.2, 0.25) is 0 Å². The minimum Gasteiger partial charge on any atom is -0.470 e. The normalized spacial score (nSPS) is 10.9. The van der Waals surface area contributed by atoms with E-state index in [4.69, 9.17) is 10.00 Å². The Morgan fingerprint density at radius 3 is 2.63 bits per heavy atom. The van der Waals surface area contributed by atoms with Crippen LogP contribution in [-0.2, 0) is 6.61 Å². The number of alkyl halides is 2. The van der Waals surface area contributed by atoms with Crippen molar-refractivity contribution in [2.45, 2.75) is 20.0 Å². The smallest absolute Gasteiger partial charge is 0.263 e. The fourth-order valence-corrected chi connectivity index (χ4v) is 2.85. The Hall–Kier alpha value is -4.13. The molecule has 0 atom stereocenters. The summed E-state index contributed by atoms with van der Waals surface area (Å²) in [6, 6.07) is 11.2. The van der Waals surface area contributed by atoms with Gasteiger partial charge in [-0.3, -0.25) is 5.10 Å². The van der Waals surface area contributed by atoms with Crippen molar-refractivity contribution in [2.75, 3.05) is 0 Å². The van der Waals surface area contributed by atoms with Crippen LogP contribution in [0.1, 0.15) is 28.8 Å². The highest BCUT2D eigenvalue weighted by atomic mass is 19.3. The lowest BCUT2D eigenvalue weighted by Gasteiger charge is -2.10. The molecule has 10 heteroatoms. The number of benzene rings is 1. The molecule has 3 aromatic heterocycles. The second kappa shape index (κ2) is 8.08. The highest BCUT2D eigenvalue weighted by Crippen LogP contribution is 2.23. The van der Waals surface area contributed by atoms with Gasteiger partial charge in [0.2, 0.25) is 5.88 Å². The molecule has 150 valence electrons. The van der Waals surface area contributed by atoms with Crippen molar-refractivity contribution in [2.24, 2.45) is 0 Å². The van der Waals surface area contributed by atoms with Crippen molar-refractivity contribution < 1.29 is 13.5 Å². The zero-order valence-corrected chi connectivity index (χ0v) is 15.8. The number of nitrogens with one attached hydrogen (secondary N) is 1. The van der Waals surface area contributed by atoms with Gasteiger partial charge in [-0.2, -0.15) is 15.5 Å². The third kappa shape index (κ3) is 3.73. The van der Waals surface area contributed by atoms with Crippen LogP contribution in [0, 0.1) is 18.3 Å². The van der Waals surface area contributed by atoms with Gasteiger partial charge in [0, 0.05) is 17.8 Å². The summed E-state index contributed by atoms with van der Waals surface area (Å²) < 4.78 is 32.9. The van der Waals surface area contributed by atoms with Gasteiger partial charge < -0.3 is 4.74 Å². The first-order valence-electron chi connectivity index (χ1n) is 8.89. The van der Waals surface area contributed by atoms with E-state index in [1.165, 1.54) is 18.3 Å². The highest BCUT2D eigenvalue weighted by Gasteiger charge is 2.14. The number of halogens is 2. The summed E-state index contributed by atoms with van der Waals surface area (Å²) in [5.74, 6) is 0.285. The fraction of sp³-hybridized carbons (Fsp3) is 0.150. The minimum atomic E-state index is -2.52. The van der Waals surface area contributed by atoms with Gasteiger partial charge in [-0.15, -0.1) is 10.2 Å². The molecule has 0 aliphatic heterocycles. The third-order valence-corrected chi connectivity index (χ3v) is 4.47. The van der Waals surface area contributed by atoms with Gasteiger partial charge in [-0.25, -0.2) is 13.5 Å². The molecule has 0 bridgehead atoms. The first kappa shape index (κ1) is 19.2. The fourth-order valence-electron chi connectivity index (χ4n) is 2.85. The van der Waals surface area contributed by atoms with E-state index in [9.17, 15) is 8.78 Å². The molecule has 8 nitrogen and oxygen atoms in total. The molecule has 0 unspecified atom stereocenters. The van der Waals surface area contributed by atoms with Crippen LogP contribution in [0.3, 0.4) is 0 Å². The summed E-state index contributed by atoms with van der Waals surface area (Å²) in [5, 5.41) is 28.1. The predicted molar refractivity (Wildman–Crippen MR) is 102 cm³/mol. The van der Waals surface area contributed by atoms with Gasteiger partial charge >= 0.3 is 0 Å². The van der Waals surface area contributed by atoms with Crippen molar-refractivity contribution >= 4 is 0 Å². The Balaban J connectivity index is 1.51. The molecule has 0 aliphatic rings. The lowest BCUT2D eigenvalue weighted by Crippen LogP contribution is -2.08. The van der Waals surface area contributed by atoms with E-state index in [2.05, 4.69) is 25.5 Å². The monoisotopic (exact) mass is 407 g/mol. The first-order chi connectivity index (χ1) is 14.6. The number of ether oxygens (including phenoxy) is 1. The number of hydrogen-bond donors (Lipinski definition) is 1. The Bertz CT molecular complexity index is 1190. The molecule has 0 aliphatic carbocycles. The van der Waals surface area contributed by atoms with E-state index >= 15 is 0 Å². The number of H-pyrrole nitrogens is 1. The lowest BCUT2D eigenvalue weighted by atomic mass is 10.2. The molecule has 0 radical (unpaired) electrons. The number of hydrogen-bond acceptors (Lipinski definition) is 6. The number of aryl methyl sites for hydroxylation is 1. The number of nitrogens with zero attached hydrogens (tertiary/aromatic N) is 6. The van der Waals surface area contributed by atoms with E-state index in [0.29, 0.717) is 22.6 Å². The SMILES string of the molecule is Cc1cnn(-c2ccc(C(F)F)cc2)c1COc1ccc(-c2n[nH]cc2C#N)nn1.